The molecule has 0 aliphatic carbocycles. The van der Waals surface area contributed by atoms with Crippen molar-refractivity contribution in [3.8, 4) is 5.75 Å². The van der Waals surface area contributed by atoms with Crippen molar-refractivity contribution < 1.29 is 13.9 Å². The van der Waals surface area contributed by atoms with E-state index in [0.29, 0.717) is 22.8 Å². The molecule has 0 atom stereocenters. The molecule has 1 heterocycles. The highest BCUT2D eigenvalue weighted by atomic mass is 19.1. The average molecular weight is 352 g/mol. The van der Waals surface area contributed by atoms with Crippen LogP contribution in [0.3, 0.4) is 0 Å². The van der Waals surface area contributed by atoms with Crippen LogP contribution in [0.15, 0.2) is 54.6 Å². The predicted octanol–water partition coefficient (Wildman–Crippen LogP) is 3.93. The summed E-state index contributed by atoms with van der Waals surface area (Å²) in [6, 6.07) is 14.5. The zero-order chi connectivity index (χ0) is 18.5. The second-order valence-corrected chi connectivity index (χ2v) is 5.54. The van der Waals surface area contributed by atoms with Crippen molar-refractivity contribution in [2.24, 2.45) is 0 Å². The summed E-state index contributed by atoms with van der Waals surface area (Å²) in [4.78, 5) is 20.9. The Morgan fingerprint density at radius 1 is 1.04 bits per heavy atom. The first-order valence-corrected chi connectivity index (χ1v) is 7.87. The summed E-state index contributed by atoms with van der Waals surface area (Å²) in [6.07, 6.45) is 0. The van der Waals surface area contributed by atoms with Crippen LogP contribution in [0.4, 0.5) is 21.7 Å². The first-order chi connectivity index (χ1) is 12.5. The number of carbonyl (C=O) groups is 1. The van der Waals surface area contributed by atoms with Gasteiger partial charge in [-0.2, -0.15) is 0 Å². The summed E-state index contributed by atoms with van der Waals surface area (Å²) in [5, 5.41) is 5.66. The van der Waals surface area contributed by atoms with Crippen LogP contribution < -0.4 is 15.4 Å². The maximum Gasteiger partial charge on any atom is 0.274 e. The molecule has 2 N–H and O–H groups in total. The van der Waals surface area contributed by atoms with Crippen LogP contribution in [-0.4, -0.2) is 23.0 Å². The molecule has 3 aromatic rings. The maximum absolute atomic E-state index is 13.3. The molecule has 0 saturated heterocycles. The van der Waals surface area contributed by atoms with Gasteiger partial charge in [0.25, 0.3) is 5.91 Å². The molecular formula is C19H17FN4O2. The number of carbonyl (C=O) groups excluding carboxylic acids is 1. The van der Waals surface area contributed by atoms with Crippen LogP contribution in [0, 0.1) is 12.7 Å². The van der Waals surface area contributed by atoms with E-state index >= 15 is 0 Å². The largest absolute Gasteiger partial charge is 0.497 e. The normalized spacial score (nSPS) is 10.3. The zero-order valence-corrected chi connectivity index (χ0v) is 14.3. The Morgan fingerprint density at radius 2 is 1.81 bits per heavy atom. The third kappa shape index (κ3) is 4.32. The minimum absolute atomic E-state index is 0.194. The Hall–Kier alpha value is -3.48. The van der Waals surface area contributed by atoms with Gasteiger partial charge in [0.15, 0.2) is 0 Å². The van der Waals surface area contributed by atoms with E-state index in [1.54, 1.807) is 56.5 Å². The van der Waals surface area contributed by atoms with E-state index in [1.165, 1.54) is 12.1 Å². The van der Waals surface area contributed by atoms with Crippen molar-refractivity contribution in [3.05, 3.63) is 71.8 Å². The lowest BCUT2D eigenvalue weighted by Crippen LogP contribution is -2.15. The van der Waals surface area contributed by atoms with Gasteiger partial charge < -0.3 is 15.4 Å². The third-order valence-corrected chi connectivity index (χ3v) is 3.50. The fraction of sp³-hybridized carbons (Fsp3) is 0.105. The Kier molecular flexibility index (Phi) is 5.07. The number of rotatable bonds is 5. The highest BCUT2D eigenvalue weighted by molar-refractivity contribution is 6.03. The summed E-state index contributed by atoms with van der Waals surface area (Å²) < 4.78 is 18.4. The van der Waals surface area contributed by atoms with Crippen LogP contribution in [0.25, 0.3) is 0 Å². The molecule has 6 nitrogen and oxygen atoms in total. The molecule has 7 heteroatoms. The van der Waals surface area contributed by atoms with Gasteiger partial charge >= 0.3 is 0 Å². The minimum Gasteiger partial charge on any atom is -0.497 e. The molecule has 1 amide bonds. The Balaban J connectivity index is 1.81. The molecule has 0 aliphatic rings. The van der Waals surface area contributed by atoms with Crippen LogP contribution in [0.1, 0.15) is 16.2 Å². The number of hydrogen-bond donors (Lipinski definition) is 2. The van der Waals surface area contributed by atoms with Gasteiger partial charge in [-0.05, 0) is 43.3 Å². The minimum atomic E-state index is -0.383. The molecule has 1 aromatic heterocycles. The van der Waals surface area contributed by atoms with Crippen LogP contribution in [0.5, 0.6) is 5.75 Å². The Morgan fingerprint density at radius 3 is 2.58 bits per heavy atom. The highest BCUT2D eigenvalue weighted by Crippen LogP contribution is 2.18. The lowest BCUT2D eigenvalue weighted by atomic mass is 10.2. The number of aryl methyl sites for hydroxylation is 1. The summed E-state index contributed by atoms with van der Waals surface area (Å²) >= 11 is 0. The summed E-state index contributed by atoms with van der Waals surface area (Å²) in [6.45, 7) is 1.75. The molecule has 0 unspecified atom stereocenters. The summed E-state index contributed by atoms with van der Waals surface area (Å²) in [5.41, 5.74) is 1.88. The van der Waals surface area contributed by atoms with E-state index in [1.807, 2.05) is 0 Å². The van der Waals surface area contributed by atoms with Gasteiger partial charge in [0, 0.05) is 23.1 Å². The smallest absolute Gasteiger partial charge is 0.274 e. The number of aromatic nitrogens is 2. The van der Waals surface area contributed by atoms with E-state index in [0.717, 1.165) is 0 Å². The molecule has 0 radical (unpaired) electrons. The van der Waals surface area contributed by atoms with E-state index in [9.17, 15) is 9.18 Å². The van der Waals surface area contributed by atoms with E-state index in [4.69, 9.17) is 4.74 Å². The van der Waals surface area contributed by atoms with Gasteiger partial charge in [-0.25, -0.2) is 14.4 Å². The van der Waals surface area contributed by atoms with Gasteiger partial charge in [-0.15, -0.1) is 0 Å². The van der Waals surface area contributed by atoms with Crippen molar-refractivity contribution in [2.75, 3.05) is 17.7 Å². The molecule has 0 saturated carbocycles. The molecule has 2 aromatic carbocycles. The number of halogens is 1. The summed E-state index contributed by atoms with van der Waals surface area (Å²) in [5.74, 6) is 0.0891. The second kappa shape index (κ2) is 7.60. The second-order valence-electron chi connectivity index (χ2n) is 5.54. The first-order valence-electron chi connectivity index (χ1n) is 7.87. The Bertz CT molecular complexity index is 946. The van der Waals surface area contributed by atoms with Crippen LogP contribution in [0.2, 0.25) is 0 Å². The fourth-order valence-electron chi connectivity index (χ4n) is 2.33. The third-order valence-electron chi connectivity index (χ3n) is 3.50. The van der Waals surface area contributed by atoms with Crippen LogP contribution >= 0.6 is 0 Å². The number of anilines is 3. The fourth-order valence-corrected chi connectivity index (χ4v) is 2.33. The van der Waals surface area contributed by atoms with E-state index < -0.39 is 0 Å². The van der Waals surface area contributed by atoms with Gasteiger partial charge in [-0.1, -0.05) is 12.1 Å². The first kappa shape index (κ1) is 17.3. The maximum atomic E-state index is 13.3. The van der Waals surface area contributed by atoms with Crippen molar-refractivity contribution in [3.63, 3.8) is 0 Å². The zero-order valence-electron chi connectivity index (χ0n) is 14.3. The molecule has 0 aliphatic heterocycles. The van der Waals surface area contributed by atoms with Crippen molar-refractivity contribution >= 4 is 23.2 Å². The van der Waals surface area contributed by atoms with Gasteiger partial charge in [0.2, 0.25) is 5.95 Å². The number of methoxy groups -OCH3 is 1. The Labute approximate surface area is 150 Å². The van der Waals surface area contributed by atoms with Crippen molar-refractivity contribution in [1.82, 2.24) is 9.97 Å². The van der Waals surface area contributed by atoms with Crippen molar-refractivity contribution in [2.45, 2.75) is 6.92 Å². The van der Waals surface area contributed by atoms with E-state index in [2.05, 4.69) is 20.6 Å². The molecule has 0 spiro atoms. The SMILES string of the molecule is COc1cccc(NC(=O)c2cc(C)nc(Nc3cccc(F)c3)n2)c1. The quantitative estimate of drug-likeness (QED) is 0.728. The van der Waals surface area contributed by atoms with Crippen LogP contribution in [-0.2, 0) is 0 Å². The molecule has 132 valence electrons. The molecule has 0 fully saturated rings. The molecular weight excluding hydrogens is 335 g/mol. The number of ether oxygens (including phenoxy) is 1. The van der Waals surface area contributed by atoms with Gasteiger partial charge in [0.05, 0.1) is 7.11 Å². The number of nitrogens with zero attached hydrogens (tertiary/aromatic N) is 2. The topological polar surface area (TPSA) is 76.1 Å². The van der Waals surface area contributed by atoms with Gasteiger partial charge in [-0.3, -0.25) is 4.79 Å². The van der Waals surface area contributed by atoms with Gasteiger partial charge in [0.1, 0.15) is 17.3 Å². The number of hydrogen-bond acceptors (Lipinski definition) is 5. The predicted molar refractivity (Wildman–Crippen MR) is 97.4 cm³/mol. The van der Waals surface area contributed by atoms with E-state index in [-0.39, 0.29) is 23.4 Å². The monoisotopic (exact) mass is 352 g/mol. The lowest BCUT2D eigenvalue weighted by molar-refractivity contribution is 0.102. The standard InChI is InChI=1S/C19H17FN4O2/c1-12-9-17(18(25)22-15-7-4-8-16(11-15)26-2)24-19(21-12)23-14-6-3-5-13(20)10-14/h3-11H,1-2H3,(H,22,25)(H,21,23,24). The number of amides is 1. The lowest BCUT2D eigenvalue weighted by Gasteiger charge is -2.09. The van der Waals surface area contributed by atoms with Crippen molar-refractivity contribution in [1.29, 1.82) is 0 Å². The molecule has 3 rings (SSSR count). The molecule has 0 bridgehead atoms. The highest BCUT2D eigenvalue weighted by Gasteiger charge is 2.12. The number of benzene rings is 2. The summed E-state index contributed by atoms with van der Waals surface area (Å²) in [7, 11) is 1.55. The number of nitrogens with one attached hydrogen (secondary N) is 2. The molecule has 26 heavy (non-hydrogen) atoms. The average Bonchev–Trinajstić information content (AvgIpc) is 2.61.